The van der Waals surface area contributed by atoms with Crippen molar-refractivity contribution >= 4 is 11.9 Å². The molecule has 1 aromatic carbocycles. The minimum absolute atomic E-state index is 0.0776. The molecule has 6 nitrogen and oxygen atoms in total. The van der Waals surface area contributed by atoms with E-state index in [1.54, 1.807) is 24.3 Å². The molecule has 2 rings (SSSR count). The average molecular weight is 340 g/mol. The largest absolute Gasteiger partial charge is 0.484 e. The third-order valence-electron chi connectivity index (χ3n) is 2.95. The topological polar surface area (TPSA) is 90.1 Å². The monoisotopic (exact) mass is 340 g/mol. The second-order valence-electron chi connectivity index (χ2n) is 4.84. The van der Waals surface area contributed by atoms with E-state index in [9.17, 15) is 18.0 Å². The number of rotatable bonds is 7. The Morgan fingerprint density at radius 1 is 1.21 bits per heavy atom. The van der Waals surface area contributed by atoms with Crippen molar-refractivity contribution in [2.45, 2.75) is 12.6 Å². The number of halogens is 3. The Bertz CT molecular complexity index is 690. The molecule has 24 heavy (non-hydrogen) atoms. The maximum Gasteiger partial charge on any atom is 0.433 e. The number of carbonyl (C=O) groups excluding carboxylic acids is 1. The first-order valence-electron chi connectivity index (χ1n) is 6.99. The van der Waals surface area contributed by atoms with Gasteiger partial charge in [-0.2, -0.15) is 13.2 Å². The van der Waals surface area contributed by atoms with Crippen LogP contribution in [0.4, 0.5) is 19.1 Å². The molecular weight excluding hydrogens is 325 g/mol. The molecule has 0 atom stereocenters. The lowest BCUT2D eigenvalue weighted by atomic mass is 10.1. The summed E-state index contributed by atoms with van der Waals surface area (Å²) in [6.07, 6.45) is -2.89. The maximum absolute atomic E-state index is 12.5. The first-order valence-corrected chi connectivity index (χ1v) is 6.99. The van der Waals surface area contributed by atoms with Crippen LogP contribution in [0.5, 0.6) is 5.75 Å². The second-order valence-corrected chi connectivity index (χ2v) is 4.84. The fraction of sp³-hybridized carbons (Fsp3) is 0.267. The van der Waals surface area contributed by atoms with Gasteiger partial charge in [0.2, 0.25) is 5.95 Å². The van der Waals surface area contributed by atoms with Gasteiger partial charge < -0.3 is 15.8 Å². The number of amides is 1. The first kappa shape index (κ1) is 17.5. The number of benzene rings is 1. The zero-order valence-electron chi connectivity index (χ0n) is 12.5. The fourth-order valence-electron chi connectivity index (χ4n) is 1.83. The molecule has 1 amide bonds. The zero-order valence-corrected chi connectivity index (χ0v) is 12.5. The van der Waals surface area contributed by atoms with E-state index in [0.29, 0.717) is 18.7 Å². The van der Waals surface area contributed by atoms with E-state index in [4.69, 9.17) is 10.5 Å². The van der Waals surface area contributed by atoms with Crippen LogP contribution in [0, 0.1) is 0 Å². The smallest absolute Gasteiger partial charge is 0.433 e. The molecule has 2 aromatic rings. The van der Waals surface area contributed by atoms with Gasteiger partial charge in [-0.1, -0.05) is 12.1 Å². The molecule has 0 saturated carbocycles. The molecule has 128 valence electrons. The highest BCUT2D eigenvalue weighted by atomic mass is 19.4. The predicted molar refractivity (Wildman–Crippen MR) is 80.4 cm³/mol. The van der Waals surface area contributed by atoms with Gasteiger partial charge in [-0.15, -0.1) is 0 Å². The lowest BCUT2D eigenvalue weighted by Crippen LogP contribution is -2.20. The third-order valence-corrected chi connectivity index (χ3v) is 2.95. The summed E-state index contributed by atoms with van der Waals surface area (Å²) in [7, 11) is 0. The van der Waals surface area contributed by atoms with Crippen LogP contribution in [0.1, 0.15) is 11.3 Å². The third kappa shape index (κ3) is 5.41. The van der Waals surface area contributed by atoms with Gasteiger partial charge in [0.25, 0.3) is 5.91 Å². The van der Waals surface area contributed by atoms with Crippen LogP contribution >= 0.6 is 0 Å². The van der Waals surface area contributed by atoms with Gasteiger partial charge >= 0.3 is 6.18 Å². The van der Waals surface area contributed by atoms with Gasteiger partial charge in [-0.25, -0.2) is 9.97 Å². The predicted octanol–water partition coefficient (Wildman–Crippen LogP) is 2.01. The Morgan fingerprint density at radius 3 is 2.54 bits per heavy atom. The molecule has 0 fully saturated rings. The number of primary amides is 1. The summed E-state index contributed by atoms with van der Waals surface area (Å²) in [5.74, 6) is -0.137. The van der Waals surface area contributed by atoms with Crippen LogP contribution in [-0.2, 0) is 17.4 Å². The van der Waals surface area contributed by atoms with Gasteiger partial charge in [-0.3, -0.25) is 4.79 Å². The van der Waals surface area contributed by atoms with E-state index in [0.717, 1.165) is 17.8 Å². The van der Waals surface area contributed by atoms with Gasteiger partial charge in [0.15, 0.2) is 6.61 Å². The number of hydrogen-bond donors (Lipinski definition) is 2. The van der Waals surface area contributed by atoms with Crippen LogP contribution in [0.15, 0.2) is 36.5 Å². The molecule has 0 spiro atoms. The van der Waals surface area contributed by atoms with Crippen LogP contribution in [0.3, 0.4) is 0 Å². The van der Waals surface area contributed by atoms with Crippen LogP contribution < -0.4 is 15.8 Å². The summed E-state index contributed by atoms with van der Waals surface area (Å²) >= 11 is 0. The van der Waals surface area contributed by atoms with Crippen molar-refractivity contribution in [3.05, 3.63) is 47.8 Å². The Kier molecular flexibility index (Phi) is 5.56. The van der Waals surface area contributed by atoms with E-state index < -0.39 is 17.8 Å². The van der Waals surface area contributed by atoms with Crippen molar-refractivity contribution < 1.29 is 22.7 Å². The molecule has 0 unspecified atom stereocenters. The SMILES string of the molecule is NC(=O)COc1ccc(CCNc2nccc(C(F)(F)F)n2)cc1. The summed E-state index contributed by atoms with van der Waals surface area (Å²) < 4.78 is 42.8. The highest BCUT2D eigenvalue weighted by Crippen LogP contribution is 2.27. The van der Waals surface area contributed by atoms with Crippen molar-refractivity contribution in [3.8, 4) is 5.75 Å². The fourth-order valence-corrected chi connectivity index (χ4v) is 1.83. The average Bonchev–Trinajstić information content (AvgIpc) is 2.53. The van der Waals surface area contributed by atoms with E-state index in [1.165, 1.54) is 0 Å². The highest BCUT2D eigenvalue weighted by molar-refractivity contribution is 5.75. The lowest BCUT2D eigenvalue weighted by Gasteiger charge is -2.09. The standard InChI is InChI=1S/C15H15F3N4O2/c16-15(17,18)12-6-8-21-14(22-12)20-7-5-10-1-3-11(4-2-10)24-9-13(19)23/h1-4,6,8H,5,7,9H2,(H2,19,23)(H,20,21,22). The van der Waals surface area contributed by atoms with Crippen LogP contribution in [0.25, 0.3) is 0 Å². The minimum Gasteiger partial charge on any atom is -0.484 e. The first-order chi connectivity index (χ1) is 11.3. The number of nitrogens with one attached hydrogen (secondary N) is 1. The molecule has 0 bridgehead atoms. The molecular formula is C15H15F3N4O2. The minimum atomic E-state index is -4.50. The Hall–Kier alpha value is -2.84. The number of carbonyl (C=O) groups is 1. The van der Waals surface area contributed by atoms with Crippen LogP contribution in [-0.4, -0.2) is 29.0 Å². The number of aromatic nitrogens is 2. The number of hydrogen-bond acceptors (Lipinski definition) is 5. The van der Waals surface area contributed by atoms with Crippen molar-refractivity contribution in [2.75, 3.05) is 18.5 Å². The number of anilines is 1. The van der Waals surface area contributed by atoms with E-state index in [1.807, 2.05) is 0 Å². The molecule has 1 heterocycles. The van der Waals surface area contributed by atoms with E-state index >= 15 is 0 Å². The van der Waals surface area contributed by atoms with Gasteiger partial charge in [0.1, 0.15) is 11.4 Å². The van der Waals surface area contributed by atoms with Crippen molar-refractivity contribution in [3.63, 3.8) is 0 Å². The maximum atomic E-state index is 12.5. The summed E-state index contributed by atoms with van der Waals surface area (Å²) in [5.41, 5.74) is 4.92. The molecule has 0 saturated heterocycles. The molecule has 0 aliphatic heterocycles. The normalized spacial score (nSPS) is 11.1. The van der Waals surface area contributed by atoms with Crippen molar-refractivity contribution in [2.24, 2.45) is 5.73 Å². The summed E-state index contributed by atoms with van der Waals surface area (Å²) in [6, 6.07) is 7.74. The second kappa shape index (κ2) is 7.62. The molecule has 0 radical (unpaired) electrons. The highest BCUT2D eigenvalue weighted by Gasteiger charge is 2.32. The number of nitrogens with two attached hydrogens (primary N) is 1. The van der Waals surface area contributed by atoms with Gasteiger partial charge in [0.05, 0.1) is 0 Å². The van der Waals surface area contributed by atoms with Gasteiger partial charge in [0, 0.05) is 12.7 Å². The Labute approximate surface area is 135 Å². The zero-order chi connectivity index (χ0) is 17.6. The molecule has 1 aromatic heterocycles. The van der Waals surface area contributed by atoms with Crippen LogP contribution in [0.2, 0.25) is 0 Å². The van der Waals surface area contributed by atoms with E-state index in [2.05, 4.69) is 15.3 Å². The summed E-state index contributed by atoms with van der Waals surface area (Å²) in [5, 5.41) is 2.75. The Balaban J connectivity index is 1.85. The number of ether oxygens (including phenoxy) is 1. The lowest BCUT2D eigenvalue weighted by molar-refractivity contribution is -0.141. The molecule has 0 aliphatic carbocycles. The summed E-state index contributed by atoms with van der Waals surface area (Å²) in [4.78, 5) is 17.8. The number of alkyl halides is 3. The molecule has 0 aliphatic rings. The van der Waals surface area contributed by atoms with Crippen molar-refractivity contribution in [1.29, 1.82) is 0 Å². The summed E-state index contributed by atoms with van der Waals surface area (Å²) in [6.45, 7) is 0.163. The van der Waals surface area contributed by atoms with E-state index in [-0.39, 0.29) is 12.6 Å². The Morgan fingerprint density at radius 2 is 1.92 bits per heavy atom. The van der Waals surface area contributed by atoms with Gasteiger partial charge in [-0.05, 0) is 30.2 Å². The number of nitrogens with zero attached hydrogens (tertiary/aromatic N) is 2. The molecule has 9 heteroatoms. The van der Waals surface area contributed by atoms with Crippen molar-refractivity contribution in [1.82, 2.24) is 9.97 Å². The quantitative estimate of drug-likeness (QED) is 0.805. The molecule has 3 N–H and O–H groups in total.